The molecule has 7 aromatic rings. The molecule has 0 saturated carbocycles. The van der Waals surface area contributed by atoms with Crippen LogP contribution in [0, 0.1) is 0 Å². The lowest BCUT2D eigenvalue weighted by Gasteiger charge is -2.32. The van der Waals surface area contributed by atoms with Gasteiger partial charge in [0.2, 0.25) is 0 Å². The van der Waals surface area contributed by atoms with E-state index in [1.807, 2.05) is 18.2 Å². The summed E-state index contributed by atoms with van der Waals surface area (Å²) >= 11 is 0. The number of fused-ring (bicyclic) bond motifs is 7. The predicted octanol–water partition coefficient (Wildman–Crippen LogP) is 8.60. The normalized spacial score (nSPS) is 16.9. The third-order valence-corrected chi connectivity index (χ3v) is 8.69. The molecule has 5 heteroatoms. The first-order valence-corrected chi connectivity index (χ1v) is 13.4. The van der Waals surface area contributed by atoms with E-state index in [1.54, 1.807) is 0 Å². The van der Waals surface area contributed by atoms with Crippen LogP contribution >= 0.6 is 0 Å². The Labute approximate surface area is 226 Å². The summed E-state index contributed by atoms with van der Waals surface area (Å²) in [6, 6.07) is 31.6. The van der Waals surface area contributed by atoms with E-state index in [0.717, 1.165) is 65.9 Å². The second-order valence-corrected chi connectivity index (χ2v) is 11.6. The van der Waals surface area contributed by atoms with Crippen molar-refractivity contribution in [1.29, 1.82) is 0 Å². The highest BCUT2D eigenvalue weighted by atomic mass is 16.7. The summed E-state index contributed by atoms with van der Waals surface area (Å²) in [6.07, 6.45) is 0. The van der Waals surface area contributed by atoms with Gasteiger partial charge in [0.15, 0.2) is 0 Å². The Morgan fingerprint density at radius 3 is 1.97 bits per heavy atom. The van der Waals surface area contributed by atoms with Gasteiger partial charge in [0, 0.05) is 21.5 Å². The summed E-state index contributed by atoms with van der Waals surface area (Å²) < 4.78 is 25.8. The van der Waals surface area contributed by atoms with Crippen LogP contribution in [-0.4, -0.2) is 18.3 Å². The molecule has 0 N–H and O–H groups in total. The minimum absolute atomic E-state index is 0.457. The maximum Gasteiger partial charge on any atom is 0.495 e. The number of hydrogen-bond donors (Lipinski definition) is 0. The maximum absolute atomic E-state index is 6.59. The number of furan rings is 2. The Morgan fingerprint density at radius 1 is 0.513 bits per heavy atom. The van der Waals surface area contributed by atoms with Crippen molar-refractivity contribution in [3.05, 3.63) is 91.0 Å². The fraction of sp³-hybridized carbons (Fsp3) is 0.176. The topological polar surface area (TPSA) is 44.7 Å². The van der Waals surface area contributed by atoms with Gasteiger partial charge in [-0.2, -0.15) is 0 Å². The molecular weight excluding hydrogens is 483 g/mol. The molecule has 4 nitrogen and oxygen atoms in total. The van der Waals surface area contributed by atoms with Gasteiger partial charge in [-0.3, -0.25) is 0 Å². The smallest absolute Gasteiger partial charge is 0.456 e. The monoisotopic (exact) mass is 510 g/mol. The largest absolute Gasteiger partial charge is 0.495 e. The van der Waals surface area contributed by atoms with Crippen molar-refractivity contribution in [1.82, 2.24) is 0 Å². The molecule has 1 saturated heterocycles. The fourth-order valence-corrected chi connectivity index (χ4v) is 5.85. The van der Waals surface area contributed by atoms with Crippen LogP contribution in [0.1, 0.15) is 27.7 Å². The van der Waals surface area contributed by atoms with Crippen LogP contribution in [0.3, 0.4) is 0 Å². The van der Waals surface area contributed by atoms with Crippen molar-refractivity contribution in [2.24, 2.45) is 0 Å². The van der Waals surface area contributed by atoms with E-state index < -0.39 is 18.3 Å². The van der Waals surface area contributed by atoms with Gasteiger partial charge in [-0.25, -0.2) is 0 Å². The molecule has 2 aromatic heterocycles. The number of rotatable bonds is 2. The zero-order chi connectivity index (χ0) is 26.5. The lowest BCUT2D eigenvalue weighted by molar-refractivity contribution is 0.00578. The van der Waals surface area contributed by atoms with E-state index in [1.165, 1.54) is 5.39 Å². The van der Waals surface area contributed by atoms with Gasteiger partial charge >= 0.3 is 7.12 Å². The van der Waals surface area contributed by atoms with Crippen LogP contribution < -0.4 is 5.46 Å². The average Bonchev–Trinajstić information content (AvgIpc) is 3.54. The minimum Gasteiger partial charge on any atom is -0.456 e. The summed E-state index contributed by atoms with van der Waals surface area (Å²) in [5.74, 6) is 0. The van der Waals surface area contributed by atoms with Gasteiger partial charge in [0.25, 0.3) is 0 Å². The Hall–Kier alpha value is -4.06. The van der Waals surface area contributed by atoms with Crippen LogP contribution in [0.25, 0.3) is 65.8 Å². The molecule has 0 spiro atoms. The summed E-state index contributed by atoms with van der Waals surface area (Å²) in [4.78, 5) is 0. The summed E-state index contributed by atoms with van der Waals surface area (Å²) in [5, 5.41) is 6.63. The van der Waals surface area contributed by atoms with Gasteiger partial charge < -0.3 is 18.1 Å². The highest BCUT2D eigenvalue weighted by molar-refractivity contribution is 6.66. The second kappa shape index (κ2) is 7.75. The van der Waals surface area contributed by atoms with Gasteiger partial charge in [-0.15, -0.1) is 0 Å². The third kappa shape index (κ3) is 3.33. The number of para-hydroxylation sites is 1. The highest BCUT2D eigenvalue weighted by Crippen LogP contribution is 2.40. The molecule has 0 aliphatic carbocycles. The van der Waals surface area contributed by atoms with E-state index in [9.17, 15) is 0 Å². The predicted molar refractivity (Wildman–Crippen MR) is 160 cm³/mol. The number of benzene rings is 5. The van der Waals surface area contributed by atoms with Gasteiger partial charge in [0.1, 0.15) is 22.3 Å². The molecule has 1 aliphatic rings. The summed E-state index contributed by atoms with van der Waals surface area (Å²) in [6.45, 7) is 8.36. The maximum atomic E-state index is 6.59. The SMILES string of the molecule is CC1(C)OB(c2cc(-c3ccc4oc5ccccc5c4c3)cc3oc4cc5ccccc5cc4c23)OC1(C)C. The first-order valence-electron chi connectivity index (χ1n) is 13.4. The van der Waals surface area contributed by atoms with Crippen molar-refractivity contribution in [3.8, 4) is 11.1 Å². The van der Waals surface area contributed by atoms with Crippen molar-refractivity contribution in [2.45, 2.75) is 38.9 Å². The number of hydrogen-bond acceptors (Lipinski definition) is 4. The van der Waals surface area contributed by atoms with Crippen LogP contribution in [-0.2, 0) is 9.31 Å². The standard InChI is InChI=1S/C34H27BO4/c1-33(2)34(3,4)39-35(38-33)27-17-23(22-13-14-29-25(15-22)24-11-7-8-12-28(24)36-29)19-31-32(27)26-16-20-9-5-6-10-21(20)18-30(26)37-31/h5-19H,1-4H3. The van der Waals surface area contributed by atoms with E-state index in [-0.39, 0.29) is 0 Å². The van der Waals surface area contributed by atoms with Crippen molar-refractivity contribution >= 4 is 67.2 Å². The molecule has 0 amide bonds. The summed E-state index contributed by atoms with van der Waals surface area (Å²) in [7, 11) is -0.525. The van der Waals surface area contributed by atoms with E-state index in [2.05, 4.69) is 100 Å². The molecular formula is C34H27BO4. The van der Waals surface area contributed by atoms with E-state index >= 15 is 0 Å². The van der Waals surface area contributed by atoms with Crippen molar-refractivity contribution in [2.75, 3.05) is 0 Å². The zero-order valence-corrected chi connectivity index (χ0v) is 22.4. The quantitative estimate of drug-likeness (QED) is 0.219. The molecule has 190 valence electrons. The first-order chi connectivity index (χ1) is 18.8. The van der Waals surface area contributed by atoms with Crippen LogP contribution in [0.4, 0.5) is 0 Å². The second-order valence-electron chi connectivity index (χ2n) is 11.6. The molecule has 0 radical (unpaired) electrons. The Bertz CT molecular complexity index is 2080. The van der Waals surface area contributed by atoms with Crippen LogP contribution in [0.15, 0.2) is 99.8 Å². The molecule has 0 unspecified atom stereocenters. The fourth-order valence-electron chi connectivity index (χ4n) is 5.85. The lowest BCUT2D eigenvalue weighted by Crippen LogP contribution is -2.41. The summed E-state index contributed by atoms with van der Waals surface area (Å²) in [5.41, 5.74) is 5.64. The van der Waals surface area contributed by atoms with Crippen LogP contribution in [0.2, 0.25) is 0 Å². The molecule has 3 heterocycles. The highest BCUT2D eigenvalue weighted by Gasteiger charge is 2.52. The van der Waals surface area contributed by atoms with Gasteiger partial charge in [-0.05, 0) is 91.5 Å². The Morgan fingerprint density at radius 2 is 1.18 bits per heavy atom. The molecule has 0 atom stereocenters. The minimum atomic E-state index is -0.525. The molecule has 5 aromatic carbocycles. The Kier molecular flexibility index (Phi) is 4.55. The van der Waals surface area contributed by atoms with Gasteiger partial charge in [0.05, 0.1) is 11.2 Å². The molecule has 0 bridgehead atoms. The average molecular weight is 510 g/mol. The molecule has 1 fully saturated rings. The van der Waals surface area contributed by atoms with Gasteiger partial charge in [-0.1, -0.05) is 54.6 Å². The first kappa shape index (κ1) is 22.9. The third-order valence-electron chi connectivity index (χ3n) is 8.69. The lowest BCUT2D eigenvalue weighted by atomic mass is 9.75. The van der Waals surface area contributed by atoms with Crippen molar-refractivity contribution < 1.29 is 18.1 Å². The van der Waals surface area contributed by atoms with Crippen LogP contribution in [0.5, 0.6) is 0 Å². The Balaban J connectivity index is 1.40. The van der Waals surface area contributed by atoms with E-state index in [4.69, 9.17) is 18.1 Å². The van der Waals surface area contributed by atoms with Crippen molar-refractivity contribution in [3.63, 3.8) is 0 Å². The zero-order valence-electron chi connectivity index (χ0n) is 22.4. The van der Waals surface area contributed by atoms with E-state index in [0.29, 0.717) is 0 Å². The molecule has 8 rings (SSSR count). The molecule has 1 aliphatic heterocycles. The molecule has 39 heavy (non-hydrogen) atoms.